The molecule has 0 spiro atoms. The summed E-state index contributed by atoms with van der Waals surface area (Å²) < 4.78 is 2.48. The van der Waals surface area contributed by atoms with Crippen LogP contribution in [0, 0.1) is 0 Å². The fourth-order valence-corrected chi connectivity index (χ4v) is 10.5. The van der Waals surface area contributed by atoms with Crippen molar-refractivity contribution in [1.82, 2.24) is 4.40 Å². The lowest BCUT2D eigenvalue weighted by atomic mass is 9.93. The van der Waals surface area contributed by atoms with Gasteiger partial charge >= 0.3 is 0 Å². The van der Waals surface area contributed by atoms with E-state index in [0.29, 0.717) is 0 Å². The predicted molar refractivity (Wildman–Crippen MR) is 281 cm³/mol. The molecule has 0 bridgehead atoms. The number of benzene rings is 11. The molecule has 0 fully saturated rings. The van der Waals surface area contributed by atoms with Crippen molar-refractivity contribution in [3.8, 4) is 44.5 Å². The second-order valence-electron chi connectivity index (χ2n) is 17.3. The molecule has 0 radical (unpaired) electrons. The summed E-state index contributed by atoms with van der Waals surface area (Å²) in [6.45, 7) is 0. The summed E-state index contributed by atoms with van der Waals surface area (Å²) in [4.78, 5) is 2.44. The summed E-state index contributed by atoms with van der Waals surface area (Å²) >= 11 is 0. The Bertz CT molecular complexity index is 3870. The Hall–Kier alpha value is -8.72. The van der Waals surface area contributed by atoms with Gasteiger partial charge in [0.05, 0.1) is 16.6 Å². The predicted octanol–water partition coefficient (Wildman–Crippen LogP) is 17.8. The van der Waals surface area contributed by atoms with Crippen LogP contribution in [-0.4, -0.2) is 4.40 Å². The van der Waals surface area contributed by atoms with Gasteiger partial charge in [-0.3, -0.25) is 0 Å². The van der Waals surface area contributed by atoms with E-state index in [-0.39, 0.29) is 0 Å². The number of rotatable bonds is 7. The zero-order valence-corrected chi connectivity index (χ0v) is 36.1. The number of nitrogens with zero attached hydrogens (tertiary/aromatic N) is 2. The molecule has 66 heavy (non-hydrogen) atoms. The molecule has 0 aliphatic rings. The van der Waals surface area contributed by atoms with Crippen molar-refractivity contribution >= 4 is 76.7 Å². The zero-order chi connectivity index (χ0) is 43.6. The molecule has 0 amide bonds. The van der Waals surface area contributed by atoms with Crippen LogP contribution in [0.2, 0.25) is 0 Å². The van der Waals surface area contributed by atoms with Gasteiger partial charge in [-0.25, -0.2) is 0 Å². The van der Waals surface area contributed by atoms with Crippen LogP contribution in [0.15, 0.2) is 255 Å². The fraction of sp³-hybridized carbons (Fsp3) is 0. The van der Waals surface area contributed by atoms with Gasteiger partial charge in [0.25, 0.3) is 0 Å². The highest BCUT2D eigenvalue weighted by atomic mass is 15.1. The minimum absolute atomic E-state index is 1.08. The Morgan fingerprint density at radius 3 is 1.39 bits per heavy atom. The first-order valence-corrected chi connectivity index (χ1v) is 22.8. The van der Waals surface area contributed by atoms with E-state index in [1.54, 1.807) is 0 Å². The SMILES string of the molecule is c1ccc(-c2cc(-c3ccccc3)cc(N(c3ccc(-c4cccc5ccc6c(-c7ccccc7)c7ccccc7n6c45)cc3)c3ccc4c5ccccc5c5ccccc5c4c3)c2)cc1. The summed E-state index contributed by atoms with van der Waals surface area (Å²) in [6.07, 6.45) is 0. The molecule has 0 atom stereocenters. The number of hydrogen-bond donors (Lipinski definition) is 0. The number of fused-ring (bicyclic) bond motifs is 11. The Kier molecular flexibility index (Phi) is 8.89. The maximum atomic E-state index is 2.48. The Labute approximate surface area is 383 Å². The van der Waals surface area contributed by atoms with E-state index in [1.165, 1.54) is 98.6 Å². The van der Waals surface area contributed by atoms with Crippen LogP contribution >= 0.6 is 0 Å². The van der Waals surface area contributed by atoms with E-state index in [9.17, 15) is 0 Å². The zero-order valence-electron chi connectivity index (χ0n) is 36.1. The molecule has 11 aromatic carbocycles. The molecule has 2 heteroatoms. The van der Waals surface area contributed by atoms with E-state index < -0.39 is 0 Å². The third-order valence-corrected chi connectivity index (χ3v) is 13.5. The Morgan fingerprint density at radius 1 is 0.258 bits per heavy atom. The molecule has 0 aliphatic heterocycles. The normalized spacial score (nSPS) is 11.6. The molecule has 2 heterocycles. The van der Waals surface area contributed by atoms with Crippen LogP contribution in [0.4, 0.5) is 17.1 Å². The van der Waals surface area contributed by atoms with Gasteiger partial charge in [-0.1, -0.05) is 200 Å². The third kappa shape index (κ3) is 6.18. The molecule has 0 aliphatic carbocycles. The van der Waals surface area contributed by atoms with Crippen molar-refractivity contribution < 1.29 is 0 Å². The number of anilines is 3. The lowest BCUT2D eigenvalue weighted by Crippen LogP contribution is -2.10. The first-order chi connectivity index (χ1) is 32.7. The molecule has 2 aromatic heterocycles. The van der Waals surface area contributed by atoms with Crippen LogP contribution in [0.3, 0.4) is 0 Å². The van der Waals surface area contributed by atoms with Gasteiger partial charge in [0.2, 0.25) is 0 Å². The first-order valence-electron chi connectivity index (χ1n) is 22.8. The van der Waals surface area contributed by atoms with E-state index in [1.807, 2.05) is 0 Å². The minimum Gasteiger partial charge on any atom is -0.310 e. The average Bonchev–Trinajstić information content (AvgIpc) is 3.74. The summed E-state index contributed by atoms with van der Waals surface area (Å²) in [5.41, 5.74) is 16.4. The highest BCUT2D eigenvalue weighted by molar-refractivity contribution is 6.26. The van der Waals surface area contributed by atoms with Gasteiger partial charge in [0.15, 0.2) is 0 Å². The Balaban J connectivity index is 1.04. The van der Waals surface area contributed by atoms with E-state index in [0.717, 1.165) is 22.6 Å². The van der Waals surface area contributed by atoms with Crippen molar-refractivity contribution in [3.63, 3.8) is 0 Å². The van der Waals surface area contributed by atoms with Crippen LogP contribution < -0.4 is 4.90 Å². The highest BCUT2D eigenvalue weighted by Gasteiger charge is 2.20. The van der Waals surface area contributed by atoms with Crippen molar-refractivity contribution in [2.24, 2.45) is 0 Å². The minimum atomic E-state index is 1.08. The summed E-state index contributed by atoms with van der Waals surface area (Å²) in [7, 11) is 0. The maximum Gasteiger partial charge on any atom is 0.0612 e. The monoisotopic (exact) mass is 838 g/mol. The lowest BCUT2D eigenvalue weighted by molar-refractivity contribution is 1.29. The molecule has 308 valence electrons. The number of pyridine rings is 1. The van der Waals surface area contributed by atoms with Crippen LogP contribution in [0.5, 0.6) is 0 Å². The maximum absolute atomic E-state index is 2.48. The number of aromatic nitrogens is 1. The average molecular weight is 839 g/mol. The lowest BCUT2D eigenvalue weighted by Gasteiger charge is -2.28. The van der Waals surface area contributed by atoms with Crippen LogP contribution in [-0.2, 0) is 0 Å². The molecule has 0 saturated heterocycles. The second kappa shape index (κ2) is 15.5. The molecule has 0 unspecified atom stereocenters. The molecule has 13 aromatic rings. The largest absolute Gasteiger partial charge is 0.310 e. The second-order valence-corrected chi connectivity index (χ2v) is 17.3. The van der Waals surface area contributed by atoms with Crippen molar-refractivity contribution in [2.45, 2.75) is 0 Å². The summed E-state index contributed by atoms with van der Waals surface area (Å²) in [5, 5.41) is 10.00. The van der Waals surface area contributed by atoms with Crippen LogP contribution in [0.25, 0.3) is 104 Å². The highest BCUT2D eigenvalue weighted by Crippen LogP contribution is 2.45. The van der Waals surface area contributed by atoms with E-state index in [2.05, 4.69) is 264 Å². The van der Waals surface area contributed by atoms with Crippen LogP contribution in [0.1, 0.15) is 0 Å². The molecule has 13 rings (SSSR count). The van der Waals surface area contributed by atoms with E-state index in [4.69, 9.17) is 0 Å². The summed E-state index contributed by atoms with van der Waals surface area (Å²) in [5.74, 6) is 0. The van der Waals surface area contributed by atoms with E-state index >= 15 is 0 Å². The molecular weight excluding hydrogens is 797 g/mol. The number of hydrogen-bond acceptors (Lipinski definition) is 1. The van der Waals surface area contributed by atoms with Gasteiger partial charge in [0, 0.05) is 33.6 Å². The Morgan fingerprint density at radius 2 is 0.773 bits per heavy atom. The van der Waals surface area contributed by atoms with Gasteiger partial charge in [-0.2, -0.15) is 0 Å². The third-order valence-electron chi connectivity index (χ3n) is 13.5. The molecule has 2 nitrogen and oxygen atoms in total. The van der Waals surface area contributed by atoms with Gasteiger partial charge in [0.1, 0.15) is 0 Å². The smallest absolute Gasteiger partial charge is 0.0612 e. The van der Waals surface area contributed by atoms with Gasteiger partial charge in [-0.15, -0.1) is 0 Å². The first kappa shape index (κ1) is 37.8. The summed E-state index contributed by atoms with van der Waals surface area (Å²) in [6, 6.07) is 93.3. The van der Waals surface area contributed by atoms with Gasteiger partial charge < -0.3 is 9.30 Å². The topological polar surface area (TPSA) is 7.65 Å². The fourth-order valence-electron chi connectivity index (χ4n) is 10.5. The molecular formula is C64H42N2. The quantitative estimate of drug-likeness (QED) is 0.145. The number of para-hydroxylation sites is 2. The van der Waals surface area contributed by atoms with Crippen molar-refractivity contribution in [3.05, 3.63) is 255 Å². The molecule has 0 saturated carbocycles. The van der Waals surface area contributed by atoms with Gasteiger partial charge in [-0.05, 0) is 126 Å². The van der Waals surface area contributed by atoms with Crippen molar-refractivity contribution in [1.29, 1.82) is 0 Å². The standard InChI is InChI=1S/C64H42N2/c1-4-17-43(18-5-1)48-39-49(44-19-6-2-7-20-44)41-52(40-48)65(51-36-37-58-56-26-11-10-24-54(56)55-25-12-13-27-57(55)60(58)42-51)50-34-31-45(32-35-50)53-29-16-23-47-33-38-62-63(46-21-8-3-9-22-46)59-28-14-15-30-61(59)66(62)64(47)53/h1-42H. The molecule has 0 N–H and O–H groups in total. The van der Waals surface area contributed by atoms with Crippen molar-refractivity contribution in [2.75, 3.05) is 4.90 Å².